The number of hydrogen-bond donors (Lipinski definition) is 2. The number of hydrogen-bond acceptors (Lipinski definition) is 4. The molecule has 2 N–H and O–H groups in total. The standard InChI is InChI=1S/C16H16F2N2O4S/c1-10-6-7-14(24-2)13(8-10)20-15(21)9-19-25(22,23)16-11(17)4-3-5-12(16)18/h3-8,19H,9H2,1-2H3,(H,20,21). The number of benzene rings is 2. The number of halogens is 2. The lowest BCUT2D eigenvalue weighted by atomic mass is 10.2. The van der Waals surface area contributed by atoms with Gasteiger partial charge in [-0.2, -0.15) is 0 Å². The van der Waals surface area contributed by atoms with Gasteiger partial charge in [-0.05, 0) is 36.8 Å². The topological polar surface area (TPSA) is 84.5 Å². The van der Waals surface area contributed by atoms with Gasteiger partial charge in [0.15, 0.2) is 4.90 Å². The Kier molecular flexibility index (Phi) is 5.70. The minimum Gasteiger partial charge on any atom is -0.495 e. The first-order valence-corrected chi connectivity index (χ1v) is 8.61. The number of aryl methyl sites for hydroxylation is 1. The van der Waals surface area contributed by atoms with Gasteiger partial charge in [0, 0.05) is 0 Å². The van der Waals surface area contributed by atoms with Crippen molar-refractivity contribution in [1.82, 2.24) is 4.72 Å². The number of anilines is 1. The first-order valence-electron chi connectivity index (χ1n) is 7.13. The number of rotatable bonds is 6. The third kappa shape index (κ3) is 4.52. The highest BCUT2D eigenvalue weighted by molar-refractivity contribution is 7.89. The van der Waals surface area contributed by atoms with Crippen LogP contribution >= 0.6 is 0 Å². The number of carbonyl (C=O) groups is 1. The Balaban J connectivity index is 2.11. The quantitative estimate of drug-likeness (QED) is 0.816. The zero-order valence-corrected chi connectivity index (χ0v) is 14.3. The van der Waals surface area contributed by atoms with Gasteiger partial charge in [-0.25, -0.2) is 21.9 Å². The molecule has 0 fully saturated rings. The van der Waals surface area contributed by atoms with Crippen molar-refractivity contribution in [2.45, 2.75) is 11.8 Å². The molecule has 0 aliphatic carbocycles. The van der Waals surface area contributed by atoms with Gasteiger partial charge in [0.25, 0.3) is 0 Å². The average Bonchev–Trinajstić information content (AvgIpc) is 2.53. The molecule has 0 saturated carbocycles. The summed E-state index contributed by atoms with van der Waals surface area (Å²) in [6, 6.07) is 7.73. The summed E-state index contributed by atoms with van der Waals surface area (Å²) in [4.78, 5) is 10.8. The average molecular weight is 370 g/mol. The van der Waals surface area contributed by atoms with Crippen LogP contribution in [0.4, 0.5) is 14.5 Å². The summed E-state index contributed by atoms with van der Waals surface area (Å²) < 4.78 is 58.2. The minimum absolute atomic E-state index is 0.351. The van der Waals surface area contributed by atoms with E-state index in [-0.39, 0.29) is 0 Å². The Morgan fingerprint density at radius 2 is 1.80 bits per heavy atom. The van der Waals surface area contributed by atoms with Crippen LogP contribution in [0, 0.1) is 18.6 Å². The second kappa shape index (κ2) is 7.58. The van der Waals surface area contributed by atoms with E-state index < -0.39 is 39.0 Å². The van der Waals surface area contributed by atoms with E-state index in [1.807, 2.05) is 4.72 Å². The first-order chi connectivity index (χ1) is 11.7. The van der Waals surface area contributed by atoms with E-state index >= 15 is 0 Å². The molecule has 0 aliphatic heterocycles. The van der Waals surface area contributed by atoms with E-state index in [2.05, 4.69) is 5.32 Å². The van der Waals surface area contributed by atoms with Crippen molar-refractivity contribution >= 4 is 21.6 Å². The largest absolute Gasteiger partial charge is 0.495 e. The van der Waals surface area contributed by atoms with Crippen molar-refractivity contribution in [2.24, 2.45) is 0 Å². The SMILES string of the molecule is COc1ccc(C)cc1NC(=O)CNS(=O)(=O)c1c(F)cccc1F. The number of carbonyl (C=O) groups excluding carboxylic acids is 1. The number of nitrogens with one attached hydrogen (secondary N) is 2. The van der Waals surface area contributed by atoms with E-state index in [0.717, 1.165) is 23.8 Å². The number of methoxy groups -OCH3 is 1. The highest BCUT2D eigenvalue weighted by Gasteiger charge is 2.24. The van der Waals surface area contributed by atoms with Crippen LogP contribution in [0.3, 0.4) is 0 Å². The molecule has 0 aromatic heterocycles. The zero-order chi connectivity index (χ0) is 18.6. The maximum atomic E-state index is 13.6. The summed E-state index contributed by atoms with van der Waals surface area (Å²) in [6.07, 6.45) is 0. The van der Waals surface area contributed by atoms with Crippen LogP contribution in [-0.2, 0) is 14.8 Å². The van der Waals surface area contributed by atoms with Crippen molar-refractivity contribution in [3.8, 4) is 5.75 Å². The summed E-state index contributed by atoms with van der Waals surface area (Å²) in [5, 5.41) is 2.48. The molecule has 0 bridgehead atoms. The molecule has 0 heterocycles. The summed E-state index contributed by atoms with van der Waals surface area (Å²) in [5.74, 6) is -2.81. The van der Waals surface area contributed by atoms with Gasteiger partial charge in [-0.15, -0.1) is 0 Å². The van der Waals surface area contributed by atoms with Gasteiger partial charge in [0.1, 0.15) is 17.4 Å². The predicted octanol–water partition coefficient (Wildman–Crippen LogP) is 2.20. The van der Waals surface area contributed by atoms with Crippen LogP contribution in [0.25, 0.3) is 0 Å². The Labute approximate surface area is 143 Å². The van der Waals surface area contributed by atoms with Crippen molar-refractivity contribution in [1.29, 1.82) is 0 Å². The van der Waals surface area contributed by atoms with Crippen LogP contribution < -0.4 is 14.8 Å². The summed E-state index contributed by atoms with van der Waals surface area (Å²) in [7, 11) is -3.10. The van der Waals surface area contributed by atoms with Gasteiger partial charge in [0.2, 0.25) is 15.9 Å². The normalized spacial score (nSPS) is 11.2. The third-order valence-electron chi connectivity index (χ3n) is 3.24. The lowest BCUT2D eigenvalue weighted by Gasteiger charge is -2.12. The zero-order valence-electron chi connectivity index (χ0n) is 13.5. The molecule has 0 unspecified atom stereocenters. The van der Waals surface area contributed by atoms with Crippen LogP contribution in [-0.4, -0.2) is 28.0 Å². The maximum absolute atomic E-state index is 13.6. The summed E-state index contributed by atoms with van der Waals surface area (Å²) >= 11 is 0. The van der Waals surface area contributed by atoms with Gasteiger partial charge in [-0.1, -0.05) is 12.1 Å². The molecule has 134 valence electrons. The fourth-order valence-corrected chi connectivity index (χ4v) is 3.20. The molecule has 0 spiro atoms. The Morgan fingerprint density at radius 3 is 2.40 bits per heavy atom. The number of amides is 1. The fraction of sp³-hybridized carbons (Fsp3) is 0.188. The predicted molar refractivity (Wildman–Crippen MR) is 87.9 cm³/mol. The van der Waals surface area contributed by atoms with Crippen LogP contribution in [0.2, 0.25) is 0 Å². The molecule has 1 amide bonds. The van der Waals surface area contributed by atoms with E-state index in [1.54, 1.807) is 25.1 Å². The Morgan fingerprint density at radius 1 is 1.16 bits per heavy atom. The maximum Gasteiger partial charge on any atom is 0.246 e. The minimum atomic E-state index is -4.52. The highest BCUT2D eigenvalue weighted by Crippen LogP contribution is 2.25. The Bertz CT molecular complexity index is 881. The molecule has 0 aliphatic rings. The van der Waals surface area contributed by atoms with Gasteiger partial charge in [-0.3, -0.25) is 4.79 Å². The molecule has 0 radical (unpaired) electrons. The van der Waals surface area contributed by atoms with Crippen LogP contribution in [0.1, 0.15) is 5.56 Å². The van der Waals surface area contributed by atoms with E-state index in [0.29, 0.717) is 11.4 Å². The molecule has 2 rings (SSSR count). The number of ether oxygens (including phenoxy) is 1. The monoisotopic (exact) mass is 370 g/mol. The van der Waals surface area contributed by atoms with Crippen LogP contribution in [0.5, 0.6) is 5.75 Å². The number of sulfonamides is 1. The summed E-state index contributed by atoms with van der Waals surface area (Å²) in [5.41, 5.74) is 1.20. The van der Waals surface area contributed by atoms with Crippen molar-refractivity contribution in [3.05, 3.63) is 53.6 Å². The molecule has 25 heavy (non-hydrogen) atoms. The highest BCUT2D eigenvalue weighted by atomic mass is 32.2. The van der Waals surface area contributed by atoms with E-state index in [4.69, 9.17) is 4.74 Å². The van der Waals surface area contributed by atoms with Crippen molar-refractivity contribution in [3.63, 3.8) is 0 Å². The second-order valence-corrected chi connectivity index (χ2v) is 6.83. The third-order valence-corrected chi connectivity index (χ3v) is 4.69. The molecule has 2 aromatic carbocycles. The van der Waals surface area contributed by atoms with Crippen molar-refractivity contribution in [2.75, 3.05) is 19.0 Å². The lowest BCUT2D eigenvalue weighted by molar-refractivity contribution is -0.115. The van der Waals surface area contributed by atoms with Gasteiger partial charge in [0.05, 0.1) is 19.3 Å². The second-order valence-electron chi connectivity index (χ2n) is 5.13. The van der Waals surface area contributed by atoms with E-state index in [1.165, 1.54) is 7.11 Å². The molecular weight excluding hydrogens is 354 g/mol. The molecular formula is C16H16F2N2O4S. The van der Waals surface area contributed by atoms with Gasteiger partial charge >= 0.3 is 0 Å². The van der Waals surface area contributed by atoms with Crippen molar-refractivity contribution < 1.29 is 26.7 Å². The lowest BCUT2D eigenvalue weighted by Crippen LogP contribution is -2.33. The van der Waals surface area contributed by atoms with Crippen LogP contribution in [0.15, 0.2) is 41.3 Å². The van der Waals surface area contributed by atoms with E-state index in [9.17, 15) is 22.0 Å². The Hall–Kier alpha value is -2.52. The summed E-state index contributed by atoms with van der Waals surface area (Å²) in [6.45, 7) is 1.10. The smallest absolute Gasteiger partial charge is 0.246 e. The molecule has 0 saturated heterocycles. The fourth-order valence-electron chi connectivity index (χ4n) is 2.09. The van der Waals surface area contributed by atoms with Gasteiger partial charge < -0.3 is 10.1 Å². The molecule has 0 atom stereocenters. The molecule has 9 heteroatoms. The molecule has 2 aromatic rings. The first kappa shape index (κ1) is 18.8. The molecule has 6 nitrogen and oxygen atoms in total.